The molecule has 0 aliphatic heterocycles. The monoisotopic (exact) mass is 415 g/mol. The summed E-state index contributed by atoms with van der Waals surface area (Å²) in [6, 6.07) is 8.10. The Morgan fingerprint density at radius 1 is 1.24 bits per heavy atom. The van der Waals surface area contributed by atoms with Crippen molar-refractivity contribution >= 4 is 23.3 Å². The number of nitrogens with zero attached hydrogens (tertiary/aromatic N) is 2. The van der Waals surface area contributed by atoms with Gasteiger partial charge in [0.05, 0.1) is 0 Å². The maximum atomic E-state index is 13.2. The van der Waals surface area contributed by atoms with Crippen LogP contribution in [0, 0.1) is 5.92 Å². The fourth-order valence-electron chi connectivity index (χ4n) is 3.46. The molecule has 0 fully saturated rings. The number of nitrogens with one attached hydrogen (secondary N) is 1. The Hall–Kier alpha value is -2.25. The van der Waals surface area contributed by atoms with Crippen LogP contribution in [-0.2, 0) is 28.9 Å². The van der Waals surface area contributed by atoms with Crippen molar-refractivity contribution in [2.75, 3.05) is 13.1 Å². The number of carbonyl (C=O) groups excluding carboxylic acids is 2. The van der Waals surface area contributed by atoms with Gasteiger partial charge < -0.3 is 10.1 Å². The summed E-state index contributed by atoms with van der Waals surface area (Å²) >= 11 is 1.60. The summed E-state index contributed by atoms with van der Waals surface area (Å²) in [4.78, 5) is 31.5. The molecule has 1 heterocycles. The molecule has 0 unspecified atom stereocenters. The molecule has 0 saturated carbocycles. The Bertz CT molecular complexity index is 805. The molecular formula is C22H29N3O3S. The molecule has 1 aliphatic rings. The Kier molecular flexibility index (Phi) is 7.03. The number of amides is 2. The largest absolute Gasteiger partial charge is 0.443 e. The van der Waals surface area contributed by atoms with Crippen molar-refractivity contribution in [3.8, 4) is 0 Å². The molecular weight excluding hydrogens is 386 g/mol. The van der Waals surface area contributed by atoms with Crippen molar-refractivity contribution in [2.24, 2.45) is 5.92 Å². The minimum atomic E-state index is -0.642. The van der Waals surface area contributed by atoms with Gasteiger partial charge in [-0.25, -0.2) is 14.7 Å². The van der Waals surface area contributed by atoms with Gasteiger partial charge in [0.1, 0.15) is 10.6 Å². The van der Waals surface area contributed by atoms with E-state index >= 15 is 0 Å². The van der Waals surface area contributed by atoms with Crippen LogP contribution in [0.1, 0.15) is 43.3 Å². The van der Waals surface area contributed by atoms with E-state index in [-0.39, 0.29) is 11.8 Å². The quantitative estimate of drug-likeness (QED) is 0.697. The highest BCUT2D eigenvalue weighted by Gasteiger charge is 2.35. The van der Waals surface area contributed by atoms with Crippen LogP contribution in [-0.4, -0.2) is 40.6 Å². The average molecular weight is 416 g/mol. The van der Waals surface area contributed by atoms with Crippen molar-refractivity contribution in [2.45, 2.75) is 52.2 Å². The van der Waals surface area contributed by atoms with Crippen LogP contribution < -0.4 is 5.32 Å². The summed E-state index contributed by atoms with van der Waals surface area (Å²) in [5.74, 6) is -0.349. The molecule has 0 saturated heterocycles. The molecule has 156 valence electrons. The van der Waals surface area contributed by atoms with E-state index in [2.05, 4.69) is 22.4 Å². The number of thiazole rings is 1. The average Bonchev–Trinajstić information content (AvgIpc) is 3.31. The highest BCUT2D eigenvalue weighted by atomic mass is 32.1. The molecule has 0 radical (unpaired) electrons. The third kappa shape index (κ3) is 6.11. The number of fused-ring (bicyclic) bond motifs is 1. The molecule has 29 heavy (non-hydrogen) atoms. The number of hydrogen-bond donors (Lipinski definition) is 1. The van der Waals surface area contributed by atoms with E-state index in [9.17, 15) is 9.59 Å². The van der Waals surface area contributed by atoms with Crippen LogP contribution in [0.2, 0.25) is 0 Å². The highest BCUT2D eigenvalue weighted by Crippen LogP contribution is 2.28. The first kappa shape index (κ1) is 21.5. The van der Waals surface area contributed by atoms with Gasteiger partial charge in [0.25, 0.3) is 0 Å². The van der Waals surface area contributed by atoms with Crippen LogP contribution in [0.4, 0.5) is 4.79 Å². The minimum absolute atomic E-state index is 0.143. The third-order valence-electron chi connectivity index (χ3n) is 4.78. The SMILES string of the molecule is CC(C)(C)OC(=O)N(CCCNCc1nccs1)C(=O)C1Cc2ccccc2C1. The lowest BCUT2D eigenvalue weighted by atomic mass is 10.0. The van der Waals surface area contributed by atoms with E-state index in [1.54, 1.807) is 17.5 Å². The zero-order valence-corrected chi connectivity index (χ0v) is 18.1. The summed E-state index contributed by atoms with van der Waals surface area (Å²) in [7, 11) is 0. The van der Waals surface area contributed by atoms with Crippen molar-refractivity contribution in [3.63, 3.8) is 0 Å². The summed E-state index contributed by atoms with van der Waals surface area (Å²) in [6.07, 6.45) is 3.24. The number of ether oxygens (including phenoxy) is 1. The van der Waals surface area contributed by atoms with Crippen molar-refractivity contribution < 1.29 is 14.3 Å². The number of rotatable bonds is 7. The lowest BCUT2D eigenvalue weighted by molar-refractivity contribution is -0.134. The number of imide groups is 1. The zero-order valence-electron chi connectivity index (χ0n) is 17.3. The topological polar surface area (TPSA) is 71.5 Å². The standard InChI is InChI=1S/C22H29N3O3S/c1-22(2,3)28-21(27)25(11-6-9-23-15-19-24-10-12-29-19)20(26)18-13-16-7-4-5-8-17(16)14-18/h4-5,7-8,10,12,18,23H,6,9,11,13-15H2,1-3H3. The molecule has 0 atom stereocenters. The zero-order chi connectivity index (χ0) is 20.9. The van der Waals surface area contributed by atoms with E-state index in [0.717, 1.165) is 5.01 Å². The van der Waals surface area contributed by atoms with E-state index in [4.69, 9.17) is 4.74 Å². The summed E-state index contributed by atoms with van der Waals surface area (Å²) in [5, 5.41) is 6.28. The fraction of sp³-hybridized carbons (Fsp3) is 0.500. The van der Waals surface area contributed by atoms with Gasteiger partial charge in [-0.2, -0.15) is 0 Å². The second-order valence-electron chi connectivity index (χ2n) is 8.30. The second kappa shape index (κ2) is 9.50. The first-order chi connectivity index (χ1) is 13.8. The predicted octanol–water partition coefficient (Wildman–Crippen LogP) is 3.80. The second-order valence-corrected chi connectivity index (χ2v) is 9.28. The number of carbonyl (C=O) groups is 2. The lowest BCUT2D eigenvalue weighted by Gasteiger charge is -2.28. The fourth-order valence-corrected chi connectivity index (χ4v) is 4.05. The maximum Gasteiger partial charge on any atom is 0.417 e. The number of aromatic nitrogens is 1. The van der Waals surface area contributed by atoms with Gasteiger partial charge in [-0.05, 0) is 57.7 Å². The van der Waals surface area contributed by atoms with Crippen LogP contribution in [0.25, 0.3) is 0 Å². The molecule has 7 heteroatoms. The summed E-state index contributed by atoms with van der Waals surface area (Å²) in [6.45, 7) is 7.16. The Labute approximate surface area is 176 Å². The summed E-state index contributed by atoms with van der Waals surface area (Å²) < 4.78 is 5.51. The van der Waals surface area contributed by atoms with Crippen LogP contribution in [0.15, 0.2) is 35.8 Å². The van der Waals surface area contributed by atoms with E-state index in [1.807, 2.05) is 38.3 Å². The van der Waals surface area contributed by atoms with Gasteiger partial charge in [-0.15, -0.1) is 11.3 Å². The first-order valence-electron chi connectivity index (χ1n) is 10.0. The molecule has 1 aromatic carbocycles. The molecule has 2 amide bonds. The highest BCUT2D eigenvalue weighted by molar-refractivity contribution is 7.09. The summed E-state index contributed by atoms with van der Waals surface area (Å²) in [5.41, 5.74) is 1.75. The number of hydrogen-bond acceptors (Lipinski definition) is 6. The minimum Gasteiger partial charge on any atom is -0.443 e. The van der Waals surface area contributed by atoms with Crippen molar-refractivity contribution in [1.82, 2.24) is 15.2 Å². The van der Waals surface area contributed by atoms with E-state index in [1.165, 1.54) is 16.0 Å². The normalized spacial score (nSPS) is 13.9. The smallest absolute Gasteiger partial charge is 0.417 e. The molecule has 2 aromatic rings. The third-order valence-corrected chi connectivity index (χ3v) is 5.55. The van der Waals surface area contributed by atoms with Gasteiger partial charge in [0, 0.05) is 30.6 Å². The van der Waals surface area contributed by atoms with Crippen LogP contribution in [0.5, 0.6) is 0 Å². The number of benzene rings is 1. The predicted molar refractivity (Wildman–Crippen MR) is 114 cm³/mol. The molecule has 0 bridgehead atoms. The molecule has 0 spiro atoms. The van der Waals surface area contributed by atoms with Gasteiger partial charge in [-0.3, -0.25) is 4.79 Å². The van der Waals surface area contributed by atoms with Crippen LogP contribution >= 0.6 is 11.3 Å². The Balaban J connectivity index is 1.58. The van der Waals surface area contributed by atoms with Gasteiger partial charge >= 0.3 is 6.09 Å². The van der Waals surface area contributed by atoms with E-state index in [0.29, 0.717) is 38.9 Å². The van der Waals surface area contributed by atoms with E-state index < -0.39 is 11.7 Å². The Morgan fingerprint density at radius 3 is 2.52 bits per heavy atom. The molecule has 1 aliphatic carbocycles. The van der Waals surface area contributed by atoms with Crippen molar-refractivity contribution in [3.05, 3.63) is 52.0 Å². The van der Waals surface area contributed by atoms with Gasteiger partial charge in [0.2, 0.25) is 5.91 Å². The van der Waals surface area contributed by atoms with Crippen LogP contribution in [0.3, 0.4) is 0 Å². The lowest BCUT2D eigenvalue weighted by Crippen LogP contribution is -2.45. The molecule has 1 N–H and O–H groups in total. The molecule has 3 rings (SSSR count). The maximum absolute atomic E-state index is 13.2. The Morgan fingerprint density at radius 2 is 1.93 bits per heavy atom. The first-order valence-corrected chi connectivity index (χ1v) is 10.9. The van der Waals surface area contributed by atoms with Gasteiger partial charge in [0.15, 0.2) is 0 Å². The molecule has 1 aromatic heterocycles. The van der Waals surface area contributed by atoms with Crippen molar-refractivity contribution in [1.29, 1.82) is 0 Å². The molecule has 6 nitrogen and oxygen atoms in total. The van der Waals surface area contributed by atoms with Gasteiger partial charge in [-0.1, -0.05) is 24.3 Å².